The van der Waals surface area contributed by atoms with Gasteiger partial charge in [-0.05, 0) is 62.3 Å². The van der Waals surface area contributed by atoms with Gasteiger partial charge in [-0.15, -0.1) is 0 Å². The van der Waals surface area contributed by atoms with Crippen molar-refractivity contribution < 1.29 is 47.5 Å². The molecule has 0 radical (unpaired) electrons. The Morgan fingerprint density at radius 2 is 1.22 bits per heavy atom. The van der Waals surface area contributed by atoms with Gasteiger partial charge in [-0.1, -0.05) is 26.2 Å². The minimum atomic E-state index is -0.426. The van der Waals surface area contributed by atoms with Crippen LogP contribution in [-0.2, 0) is 14.3 Å². The lowest BCUT2D eigenvalue weighted by molar-refractivity contribution is -0.139. The molecular formula is C34H49NO10. The predicted octanol–water partition coefficient (Wildman–Crippen LogP) is 5.67. The lowest BCUT2D eigenvalue weighted by Crippen LogP contribution is -2.28. The monoisotopic (exact) mass is 631 g/mol. The molecule has 0 spiro atoms. The second kappa shape index (κ2) is 20.0. The van der Waals surface area contributed by atoms with E-state index in [0.29, 0.717) is 53.3 Å². The highest BCUT2D eigenvalue weighted by atomic mass is 16.5. The van der Waals surface area contributed by atoms with Gasteiger partial charge in [-0.3, -0.25) is 0 Å². The molecule has 0 aliphatic rings. The van der Waals surface area contributed by atoms with Crippen LogP contribution in [0, 0.1) is 5.92 Å². The quantitative estimate of drug-likeness (QED) is 0.0965. The van der Waals surface area contributed by atoms with Crippen molar-refractivity contribution in [3.63, 3.8) is 0 Å². The SMILES string of the molecule is COc1cc(/C=C/C(=O)OC[C@H](C)CN(C)CCCCCCCOC(=O)c2cc(OC)c(OC)c(OC)c2)cc(OC)c1OC. The van der Waals surface area contributed by atoms with Crippen molar-refractivity contribution in [2.45, 2.75) is 39.0 Å². The first-order chi connectivity index (χ1) is 21.7. The van der Waals surface area contributed by atoms with Crippen LogP contribution in [0.3, 0.4) is 0 Å². The second-order valence-electron chi connectivity index (χ2n) is 10.6. The third-order valence-corrected chi connectivity index (χ3v) is 7.05. The number of methoxy groups -OCH3 is 6. The van der Waals surface area contributed by atoms with Crippen molar-refractivity contribution >= 4 is 18.0 Å². The van der Waals surface area contributed by atoms with Gasteiger partial charge >= 0.3 is 11.9 Å². The highest BCUT2D eigenvalue weighted by Gasteiger charge is 2.18. The van der Waals surface area contributed by atoms with Gasteiger partial charge in [0.25, 0.3) is 0 Å². The molecule has 0 aliphatic carbocycles. The molecule has 0 aliphatic heterocycles. The largest absolute Gasteiger partial charge is 0.493 e. The molecule has 250 valence electrons. The van der Waals surface area contributed by atoms with Crippen molar-refractivity contribution in [1.82, 2.24) is 4.90 Å². The molecule has 0 aromatic heterocycles. The molecule has 0 saturated carbocycles. The Labute approximate surface area is 267 Å². The molecule has 0 saturated heterocycles. The average molecular weight is 632 g/mol. The van der Waals surface area contributed by atoms with Crippen molar-refractivity contribution in [3.8, 4) is 34.5 Å². The zero-order chi connectivity index (χ0) is 33.2. The van der Waals surface area contributed by atoms with Crippen LogP contribution in [0.1, 0.15) is 54.9 Å². The Kier molecular flexibility index (Phi) is 16.5. The summed E-state index contributed by atoms with van der Waals surface area (Å²) in [6, 6.07) is 6.69. The number of nitrogens with zero attached hydrogens (tertiary/aromatic N) is 1. The summed E-state index contributed by atoms with van der Waals surface area (Å²) in [7, 11) is 11.2. The van der Waals surface area contributed by atoms with E-state index in [1.165, 1.54) is 34.5 Å². The zero-order valence-corrected chi connectivity index (χ0v) is 27.9. The summed E-state index contributed by atoms with van der Waals surface area (Å²) >= 11 is 0. The smallest absolute Gasteiger partial charge is 0.338 e. The first-order valence-electron chi connectivity index (χ1n) is 15.0. The molecule has 0 unspecified atom stereocenters. The summed E-state index contributed by atoms with van der Waals surface area (Å²) in [6.07, 6.45) is 8.02. The maximum atomic E-state index is 12.5. The van der Waals surface area contributed by atoms with Crippen LogP contribution in [0.4, 0.5) is 0 Å². The van der Waals surface area contributed by atoms with E-state index >= 15 is 0 Å². The molecule has 0 fully saturated rings. The zero-order valence-electron chi connectivity index (χ0n) is 27.9. The van der Waals surface area contributed by atoms with Gasteiger partial charge in [-0.25, -0.2) is 9.59 Å². The van der Waals surface area contributed by atoms with E-state index in [4.69, 9.17) is 37.9 Å². The topological polar surface area (TPSA) is 111 Å². The van der Waals surface area contributed by atoms with Gasteiger partial charge in [0.1, 0.15) is 0 Å². The number of ether oxygens (including phenoxy) is 8. The lowest BCUT2D eigenvalue weighted by atomic mass is 10.1. The van der Waals surface area contributed by atoms with E-state index in [2.05, 4.69) is 18.9 Å². The fraction of sp³-hybridized carbons (Fsp3) is 0.529. The first kappa shape index (κ1) is 37.1. The van der Waals surface area contributed by atoms with Crippen molar-refractivity contribution in [1.29, 1.82) is 0 Å². The van der Waals surface area contributed by atoms with E-state index in [1.54, 1.807) is 44.6 Å². The molecule has 0 bridgehead atoms. The van der Waals surface area contributed by atoms with E-state index < -0.39 is 11.9 Å². The summed E-state index contributed by atoms with van der Waals surface area (Å²) in [5, 5.41) is 0. The molecule has 1 atom stereocenters. The molecule has 11 nitrogen and oxygen atoms in total. The maximum Gasteiger partial charge on any atom is 0.338 e. The van der Waals surface area contributed by atoms with Gasteiger partial charge in [0, 0.05) is 18.5 Å². The minimum absolute atomic E-state index is 0.189. The molecule has 0 N–H and O–H groups in total. The Hall–Kier alpha value is -4.12. The molecule has 45 heavy (non-hydrogen) atoms. The summed E-state index contributed by atoms with van der Waals surface area (Å²) in [6.45, 7) is 4.52. The average Bonchev–Trinajstić information content (AvgIpc) is 3.05. The lowest BCUT2D eigenvalue weighted by Gasteiger charge is -2.21. The number of hydrogen-bond acceptors (Lipinski definition) is 11. The summed E-state index contributed by atoms with van der Waals surface area (Å²) in [5.41, 5.74) is 1.08. The van der Waals surface area contributed by atoms with Gasteiger partial charge in [0.05, 0.1) is 61.4 Å². The maximum absolute atomic E-state index is 12.5. The molecule has 0 amide bonds. The van der Waals surface area contributed by atoms with Crippen LogP contribution in [-0.4, -0.2) is 92.8 Å². The number of unbranched alkanes of at least 4 members (excludes halogenated alkanes) is 4. The second-order valence-corrected chi connectivity index (χ2v) is 10.6. The van der Waals surface area contributed by atoms with Crippen LogP contribution >= 0.6 is 0 Å². The number of benzene rings is 2. The Bertz CT molecular complexity index is 1200. The molecule has 2 aromatic carbocycles. The van der Waals surface area contributed by atoms with E-state index in [0.717, 1.165) is 50.8 Å². The van der Waals surface area contributed by atoms with E-state index in [-0.39, 0.29) is 5.92 Å². The molecule has 11 heteroatoms. The molecule has 0 heterocycles. The summed E-state index contributed by atoms with van der Waals surface area (Å²) < 4.78 is 42.8. The number of carbonyl (C=O) groups excluding carboxylic acids is 2. The van der Waals surface area contributed by atoms with Gasteiger partial charge < -0.3 is 42.8 Å². The van der Waals surface area contributed by atoms with Crippen LogP contribution < -0.4 is 28.4 Å². The normalized spacial score (nSPS) is 11.7. The van der Waals surface area contributed by atoms with Gasteiger partial charge in [0.15, 0.2) is 23.0 Å². The van der Waals surface area contributed by atoms with Crippen LogP contribution in [0.5, 0.6) is 34.5 Å². The molecule has 2 rings (SSSR count). The van der Waals surface area contributed by atoms with E-state index in [1.807, 2.05) is 0 Å². The predicted molar refractivity (Wildman–Crippen MR) is 172 cm³/mol. The van der Waals surface area contributed by atoms with Crippen LogP contribution in [0.2, 0.25) is 0 Å². The van der Waals surface area contributed by atoms with Crippen molar-refractivity contribution in [3.05, 3.63) is 41.5 Å². The minimum Gasteiger partial charge on any atom is -0.493 e. The first-order valence-corrected chi connectivity index (χ1v) is 15.0. The highest BCUT2D eigenvalue weighted by Crippen LogP contribution is 2.39. The number of esters is 2. The van der Waals surface area contributed by atoms with Crippen molar-refractivity contribution in [2.24, 2.45) is 5.92 Å². The number of rotatable bonds is 21. The van der Waals surface area contributed by atoms with Crippen molar-refractivity contribution in [2.75, 3.05) is 76.0 Å². The Balaban J connectivity index is 1.61. The third kappa shape index (κ3) is 12.1. The summed E-state index contributed by atoms with van der Waals surface area (Å²) in [5.74, 6) is 2.11. The molecule has 2 aromatic rings. The van der Waals surface area contributed by atoms with E-state index in [9.17, 15) is 9.59 Å². The third-order valence-electron chi connectivity index (χ3n) is 7.05. The fourth-order valence-electron chi connectivity index (χ4n) is 4.77. The Morgan fingerprint density at radius 1 is 0.711 bits per heavy atom. The summed E-state index contributed by atoms with van der Waals surface area (Å²) in [4.78, 5) is 27.0. The number of carbonyl (C=O) groups is 2. The van der Waals surface area contributed by atoms with Gasteiger partial charge in [-0.2, -0.15) is 0 Å². The van der Waals surface area contributed by atoms with Crippen LogP contribution in [0.15, 0.2) is 30.3 Å². The fourth-order valence-corrected chi connectivity index (χ4v) is 4.77. The standard InChI is InChI=1S/C34H49NO10/c1-24(23-45-31(36)15-14-25-18-27(38-3)32(42-7)28(19-25)39-4)22-35(2)16-12-10-9-11-13-17-44-34(37)26-20-29(40-5)33(43-8)30(21-26)41-6/h14-15,18-21,24H,9-13,16-17,22-23H2,1-8H3/b15-14+/t24-/m1/s1. The molecular weight excluding hydrogens is 582 g/mol. The van der Waals surface area contributed by atoms with Gasteiger partial charge in [0.2, 0.25) is 11.5 Å². The van der Waals surface area contributed by atoms with Crippen LogP contribution in [0.25, 0.3) is 6.08 Å². The number of hydrogen-bond donors (Lipinski definition) is 0. The highest BCUT2D eigenvalue weighted by molar-refractivity contribution is 5.91. The Morgan fingerprint density at radius 3 is 1.76 bits per heavy atom.